The Bertz CT molecular complexity index is 577. The second-order valence-corrected chi connectivity index (χ2v) is 4.51. The van der Waals surface area contributed by atoms with Crippen LogP contribution in [0.1, 0.15) is 18.5 Å². The Morgan fingerprint density at radius 3 is 2.84 bits per heavy atom. The minimum atomic E-state index is -0.420. The number of anilines is 1. The summed E-state index contributed by atoms with van der Waals surface area (Å²) in [5.74, 6) is 0.0964. The molecule has 1 aromatic heterocycles. The van der Waals surface area contributed by atoms with E-state index in [1.807, 2.05) is 19.1 Å². The lowest BCUT2D eigenvalue weighted by molar-refractivity contribution is 0.399. The Morgan fingerprint density at radius 1 is 1.37 bits per heavy atom. The van der Waals surface area contributed by atoms with Crippen LogP contribution in [0.3, 0.4) is 0 Å². The summed E-state index contributed by atoms with van der Waals surface area (Å²) < 4.78 is 18.3. The highest BCUT2D eigenvalue weighted by Gasteiger charge is 2.11. The third kappa shape index (κ3) is 3.15. The van der Waals surface area contributed by atoms with E-state index in [9.17, 15) is 4.39 Å². The molecule has 2 aromatic rings. The molecule has 1 aromatic carbocycles. The Morgan fingerprint density at radius 2 is 2.16 bits per heavy atom. The molecule has 0 saturated carbocycles. The first-order valence-corrected chi connectivity index (χ1v) is 6.20. The fourth-order valence-corrected chi connectivity index (χ4v) is 1.95. The van der Waals surface area contributed by atoms with Crippen LogP contribution in [-0.4, -0.2) is 12.1 Å². The molecular formula is C14H14ClFN2O. The molecule has 0 aliphatic carbocycles. The predicted octanol–water partition coefficient (Wildman–Crippen LogP) is 4.06. The number of hydrogen-bond acceptors (Lipinski definition) is 3. The number of ether oxygens (including phenoxy) is 1. The molecule has 100 valence electrons. The van der Waals surface area contributed by atoms with E-state index in [0.29, 0.717) is 5.88 Å². The summed E-state index contributed by atoms with van der Waals surface area (Å²) in [6.07, 6.45) is 1.66. The molecule has 3 nitrogen and oxygen atoms in total. The van der Waals surface area contributed by atoms with Gasteiger partial charge in [-0.25, -0.2) is 9.37 Å². The van der Waals surface area contributed by atoms with E-state index in [4.69, 9.17) is 16.3 Å². The third-order valence-electron chi connectivity index (χ3n) is 2.78. The Labute approximate surface area is 116 Å². The minimum absolute atomic E-state index is 0.0452. The normalized spacial score (nSPS) is 12.0. The highest BCUT2D eigenvalue weighted by Crippen LogP contribution is 2.27. The van der Waals surface area contributed by atoms with Crippen LogP contribution in [-0.2, 0) is 0 Å². The van der Waals surface area contributed by atoms with Gasteiger partial charge in [0, 0.05) is 12.2 Å². The van der Waals surface area contributed by atoms with Crippen LogP contribution in [0.15, 0.2) is 36.5 Å². The fourth-order valence-electron chi connectivity index (χ4n) is 1.76. The van der Waals surface area contributed by atoms with Crippen molar-refractivity contribution in [1.82, 2.24) is 4.98 Å². The fraction of sp³-hybridized carbons (Fsp3) is 0.214. The van der Waals surface area contributed by atoms with E-state index < -0.39 is 5.82 Å². The summed E-state index contributed by atoms with van der Waals surface area (Å²) in [5.41, 5.74) is 1.66. The number of pyridine rings is 1. The second-order valence-electron chi connectivity index (χ2n) is 4.10. The first-order chi connectivity index (χ1) is 9.11. The molecule has 2 rings (SSSR count). The van der Waals surface area contributed by atoms with Crippen LogP contribution in [0.5, 0.6) is 5.88 Å². The average Bonchev–Trinajstić information content (AvgIpc) is 2.42. The number of halogens is 2. The standard InChI is InChI=1S/C14H14ClFN2O/c1-9(10-5-6-12(16)11(15)8-10)18-13-4-3-7-17-14(13)19-2/h3-9,18H,1-2H3. The largest absolute Gasteiger partial charge is 0.480 e. The van der Waals surface area contributed by atoms with Gasteiger partial charge in [-0.15, -0.1) is 0 Å². The van der Waals surface area contributed by atoms with Crippen molar-refractivity contribution < 1.29 is 9.13 Å². The van der Waals surface area contributed by atoms with Gasteiger partial charge in [-0.05, 0) is 36.8 Å². The number of methoxy groups -OCH3 is 1. The molecule has 0 spiro atoms. The minimum Gasteiger partial charge on any atom is -0.480 e. The van der Waals surface area contributed by atoms with E-state index >= 15 is 0 Å². The van der Waals surface area contributed by atoms with Crippen molar-refractivity contribution in [2.24, 2.45) is 0 Å². The molecule has 1 unspecified atom stereocenters. The zero-order valence-corrected chi connectivity index (χ0v) is 11.4. The molecule has 5 heteroatoms. The number of aromatic nitrogens is 1. The first-order valence-electron chi connectivity index (χ1n) is 5.82. The summed E-state index contributed by atoms with van der Waals surface area (Å²) in [4.78, 5) is 4.10. The van der Waals surface area contributed by atoms with Gasteiger partial charge in [-0.1, -0.05) is 17.7 Å². The molecule has 0 aliphatic heterocycles. The van der Waals surface area contributed by atoms with Gasteiger partial charge in [-0.3, -0.25) is 0 Å². The number of benzene rings is 1. The lowest BCUT2D eigenvalue weighted by atomic mass is 10.1. The molecular weight excluding hydrogens is 267 g/mol. The number of nitrogens with one attached hydrogen (secondary N) is 1. The van der Waals surface area contributed by atoms with E-state index in [-0.39, 0.29) is 11.1 Å². The van der Waals surface area contributed by atoms with Crippen molar-refractivity contribution in [2.45, 2.75) is 13.0 Å². The maximum Gasteiger partial charge on any atom is 0.237 e. The zero-order valence-electron chi connectivity index (χ0n) is 10.7. The molecule has 1 N–H and O–H groups in total. The summed E-state index contributed by atoms with van der Waals surface area (Å²) in [7, 11) is 1.56. The SMILES string of the molecule is COc1ncccc1NC(C)c1ccc(F)c(Cl)c1. The number of rotatable bonds is 4. The van der Waals surface area contributed by atoms with Crippen LogP contribution in [0.25, 0.3) is 0 Å². The van der Waals surface area contributed by atoms with Gasteiger partial charge in [0.15, 0.2) is 0 Å². The monoisotopic (exact) mass is 280 g/mol. The van der Waals surface area contributed by atoms with Crippen LogP contribution in [0.4, 0.5) is 10.1 Å². The second kappa shape index (κ2) is 5.89. The highest BCUT2D eigenvalue weighted by atomic mass is 35.5. The van der Waals surface area contributed by atoms with Crippen molar-refractivity contribution in [3.05, 3.63) is 52.9 Å². The van der Waals surface area contributed by atoms with Crippen molar-refractivity contribution in [3.8, 4) is 5.88 Å². The average molecular weight is 281 g/mol. The topological polar surface area (TPSA) is 34.1 Å². The molecule has 0 fully saturated rings. The summed E-state index contributed by atoms with van der Waals surface area (Å²) in [6, 6.07) is 8.30. The van der Waals surface area contributed by atoms with E-state index in [0.717, 1.165) is 11.3 Å². The van der Waals surface area contributed by atoms with Crippen molar-refractivity contribution in [2.75, 3.05) is 12.4 Å². The summed E-state index contributed by atoms with van der Waals surface area (Å²) >= 11 is 5.78. The van der Waals surface area contributed by atoms with Crippen molar-refractivity contribution >= 4 is 17.3 Å². The first kappa shape index (κ1) is 13.6. The van der Waals surface area contributed by atoms with Gasteiger partial charge in [0.05, 0.1) is 17.8 Å². The zero-order chi connectivity index (χ0) is 13.8. The van der Waals surface area contributed by atoms with Gasteiger partial charge in [0.2, 0.25) is 5.88 Å². The maximum atomic E-state index is 13.1. The van der Waals surface area contributed by atoms with Crippen LogP contribution >= 0.6 is 11.6 Å². The van der Waals surface area contributed by atoms with Crippen LogP contribution < -0.4 is 10.1 Å². The summed E-state index contributed by atoms with van der Waals surface area (Å²) in [6.45, 7) is 1.95. The Hall–Kier alpha value is -1.81. The van der Waals surface area contributed by atoms with Crippen LogP contribution in [0.2, 0.25) is 5.02 Å². The van der Waals surface area contributed by atoms with E-state index in [1.54, 1.807) is 25.4 Å². The predicted molar refractivity (Wildman–Crippen MR) is 74.2 cm³/mol. The van der Waals surface area contributed by atoms with Crippen LogP contribution in [0, 0.1) is 5.82 Å². The van der Waals surface area contributed by atoms with Gasteiger partial charge in [0.1, 0.15) is 5.82 Å². The van der Waals surface area contributed by atoms with Gasteiger partial charge >= 0.3 is 0 Å². The quantitative estimate of drug-likeness (QED) is 0.917. The molecule has 1 heterocycles. The number of hydrogen-bond donors (Lipinski definition) is 1. The Balaban J connectivity index is 2.20. The molecule has 1 atom stereocenters. The smallest absolute Gasteiger partial charge is 0.237 e. The maximum absolute atomic E-state index is 13.1. The molecule has 0 amide bonds. The molecule has 0 bridgehead atoms. The van der Waals surface area contributed by atoms with E-state index in [1.165, 1.54) is 6.07 Å². The molecule has 0 aliphatic rings. The molecule has 19 heavy (non-hydrogen) atoms. The van der Waals surface area contributed by atoms with Gasteiger partial charge in [0.25, 0.3) is 0 Å². The lowest BCUT2D eigenvalue weighted by Crippen LogP contribution is -2.08. The summed E-state index contributed by atoms with van der Waals surface area (Å²) in [5, 5.41) is 3.37. The van der Waals surface area contributed by atoms with Gasteiger partial charge < -0.3 is 10.1 Å². The lowest BCUT2D eigenvalue weighted by Gasteiger charge is -2.17. The van der Waals surface area contributed by atoms with Crippen molar-refractivity contribution in [3.63, 3.8) is 0 Å². The number of nitrogens with zero attached hydrogens (tertiary/aromatic N) is 1. The Kier molecular flexibility index (Phi) is 4.22. The van der Waals surface area contributed by atoms with E-state index in [2.05, 4.69) is 10.3 Å². The van der Waals surface area contributed by atoms with Crippen molar-refractivity contribution in [1.29, 1.82) is 0 Å². The molecule has 0 radical (unpaired) electrons. The third-order valence-corrected chi connectivity index (χ3v) is 3.07. The molecule has 0 saturated heterocycles. The van der Waals surface area contributed by atoms with Gasteiger partial charge in [-0.2, -0.15) is 0 Å². The highest BCUT2D eigenvalue weighted by molar-refractivity contribution is 6.30.